The van der Waals surface area contributed by atoms with E-state index in [-0.39, 0.29) is 12.1 Å². The van der Waals surface area contributed by atoms with Crippen LogP contribution in [-0.2, 0) is 4.79 Å². The molecule has 3 fully saturated rings. The molecule has 6 nitrogen and oxygen atoms in total. The SMILES string of the molecule is CN1CCN(C(=O)CCCCC2SCC3NC(=O)NC32)CC1. The van der Waals surface area contributed by atoms with Gasteiger partial charge in [-0.2, -0.15) is 11.8 Å². The Bertz CT molecular complexity index is 426. The number of fused-ring (bicyclic) bond motifs is 1. The maximum Gasteiger partial charge on any atom is 0.315 e. The van der Waals surface area contributed by atoms with Crippen LogP contribution >= 0.6 is 11.8 Å². The quantitative estimate of drug-likeness (QED) is 0.570. The number of urea groups is 1. The Balaban J connectivity index is 1.32. The first-order valence-electron chi connectivity index (χ1n) is 8.28. The molecular formula is C15H26N4O2S. The van der Waals surface area contributed by atoms with Crippen molar-refractivity contribution in [1.29, 1.82) is 0 Å². The highest BCUT2D eigenvalue weighted by atomic mass is 32.2. The third-order valence-corrected chi connectivity index (χ3v) is 6.43. The van der Waals surface area contributed by atoms with Gasteiger partial charge in [-0.25, -0.2) is 4.79 Å². The van der Waals surface area contributed by atoms with Crippen molar-refractivity contribution in [2.45, 2.75) is 43.0 Å². The van der Waals surface area contributed by atoms with Gasteiger partial charge in [-0.1, -0.05) is 6.42 Å². The molecule has 3 rings (SSSR count). The van der Waals surface area contributed by atoms with E-state index in [9.17, 15) is 9.59 Å². The molecule has 3 heterocycles. The number of carbonyl (C=O) groups excluding carboxylic acids is 2. The molecule has 124 valence electrons. The summed E-state index contributed by atoms with van der Waals surface area (Å²) in [5.74, 6) is 1.31. The third kappa shape index (κ3) is 3.68. The van der Waals surface area contributed by atoms with Crippen LogP contribution in [0.5, 0.6) is 0 Å². The standard InChI is InChI=1S/C15H26N4O2S/c1-18-6-8-19(9-7-18)13(20)5-3-2-4-12-14-11(10-22-12)16-15(21)17-14/h11-12,14H,2-10H2,1H3,(H2,16,17,21). The van der Waals surface area contributed by atoms with Crippen LogP contribution in [0, 0.1) is 0 Å². The van der Waals surface area contributed by atoms with E-state index in [4.69, 9.17) is 0 Å². The van der Waals surface area contributed by atoms with Gasteiger partial charge in [0.05, 0.1) is 12.1 Å². The number of rotatable bonds is 5. The van der Waals surface area contributed by atoms with Gasteiger partial charge in [0.15, 0.2) is 0 Å². The Kier molecular flexibility index (Phi) is 5.13. The Hall–Kier alpha value is -0.950. The summed E-state index contributed by atoms with van der Waals surface area (Å²) in [6.07, 6.45) is 3.78. The van der Waals surface area contributed by atoms with Crippen molar-refractivity contribution in [2.75, 3.05) is 39.0 Å². The minimum absolute atomic E-state index is 0.0226. The molecule has 22 heavy (non-hydrogen) atoms. The van der Waals surface area contributed by atoms with E-state index in [0.717, 1.165) is 51.2 Å². The number of nitrogens with one attached hydrogen (secondary N) is 2. The highest BCUT2D eigenvalue weighted by Gasteiger charge is 2.42. The van der Waals surface area contributed by atoms with Gasteiger partial charge in [-0.05, 0) is 19.9 Å². The predicted octanol–water partition coefficient (Wildman–Crippen LogP) is 0.486. The maximum absolute atomic E-state index is 12.2. The molecule has 3 unspecified atom stereocenters. The Labute approximate surface area is 136 Å². The van der Waals surface area contributed by atoms with Crippen LogP contribution < -0.4 is 10.6 Å². The second-order valence-corrected chi connectivity index (χ2v) is 7.82. The van der Waals surface area contributed by atoms with Crippen molar-refractivity contribution < 1.29 is 9.59 Å². The van der Waals surface area contributed by atoms with Crippen molar-refractivity contribution in [3.05, 3.63) is 0 Å². The molecule has 3 amide bonds. The van der Waals surface area contributed by atoms with E-state index < -0.39 is 0 Å². The zero-order valence-corrected chi connectivity index (χ0v) is 14.0. The summed E-state index contributed by atoms with van der Waals surface area (Å²) in [6, 6.07) is 0.561. The van der Waals surface area contributed by atoms with E-state index >= 15 is 0 Å². The molecule has 3 aliphatic rings. The lowest BCUT2D eigenvalue weighted by molar-refractivity contribution is -0.132. The lowest BCUT2D eigenvalue weighted by atomic mass is 10.0. The minimum Gasteiger partial charge on any atom is -0.340 e. The van der Waals surface area contributed by atoms with Crippen molar-refractivity contribution >= 4 is 23.7 Å². The summed E-state index contributed by atoms with van der Waals surface area (Å²) in [7, 11) is 2.10. The van der Waals surface area contributed by atoms with Crippen molar-refractivity contribution in [1.82, 2.24) is 20.4 Å². The molecule has 2 N–H and O–H groups in total. The number of nitrogens with zero attached hydrogens (tertiary/aromatic N) is 2. The van der Waals surface area contributed by atoms with Crippen molar-refractivity contribution in [3.63, 3.8) is 0 Å². The fourth-order valence-electron chi connectivity index (χ4n) is 3.48. The normalized spacial score (nSPS) is 31.8. The number of hydrogen-bond acceptors (Lipinski definition) is 4. The molecule has 7 heteroatoms. The molecule has 0 aromatic carbocycles. The van der Waals surface area contributed by atoms with E-state index in [2.05, 4.69) is 22.6 Å². The molecule has 0 aliphatic carbocycles. The largest absolute Gasteiger partial charge is 0.340 e. The fraction of sp³-hybridized carbons (Fsp3) is 0.867. The Morgan fingerprint density at radius 1 is 1.23 bits per heavy atom. The average Bonchev–Trinajstić information content (AvgIpc) is 3.04. The Morgan fingerprint density at radius 3 is 2.77 bits per heavy atom. The first-order valence-corrected chi connectivity index (χ1v) is 9.33. The van der Waals surface area contributed by atoms with Crippen LogP contribution in [0.4, 0.5) is 4.79 Å². The van der Waals surface area contributed by atoms with Gasteiger partial charge in [-0.15, -0.1) is 0 Å². The van der Waals surface area contributed by atoms with Gasteiger partial charge in [0.2, 0.25) is 5.91 Å². The topological polar surface area (TPSA) is 64.7 Å². The summed E-state index contributed by atoms with van der Waals surface area (Å²) in [5.41, 5.74) is 0. The van der Waals surface area contributed by atoms with Crippen LogP contribution in [0.25, 0.3) is 0 Å². The summed E-state index contributed by atoms with van der Waals surface area (Å²) in [5, 5.41) is 6.49. The second kappa shape index (κ2) is 7.08. The van der Waals surface area contributed by atoms with Crippen molar-refractivity contribution in [2.24, 2.45) is 0 Å². The molecule has 3 aliphatic heterocycles. The van der Waals surface area contributed by atoms with Crippen molar-refractivity contribution in [3.8, 4) is 0 Å². The van der Waals surface area contributed by atoms with Gasteiger partial charge in [0.1, 0.15) is 0 Å². The summed E-state index contributed by atoms with van der Waals surface area (Å²) >= 11 is 1.95. The highest BCUT2D eigenvalue weighted by Crippen LogP contribution is 2.33. The fourth-order valence-corrected chi connectivity index (χ4v) is 5.02. The van der Waals surface area contributed by atoms with Crippen LogP contribution in [-0.4, -0.2) is 78.1 Å². The van der Waals surface area contributed by atoms with Gasteiger partial charge >= 0.3 is 6.03 Å². The predicted molar refractivity (Wildman–Crippen MR) is 88.0 cm³/mol. The number of carbonyl (C=O) groups is 2. The lowest BCUT2D eigenvalue weighted by Crippen LogP contribution is -2.47. The lowest BCUT2D eigenvalue weighted by Gasteiger charge is -2.32. The number of unbranched alkanes of at least 4 members (excludes halogenated alkanes) is 1. The first-order chi connectivity index (χ1) is 10.6. The van der Waals surface area contributed by atoms with Gasteiger partial charge in [0, 0.05) is 43.6 Å². The molecule has 3 saturated heterocycles. The summed E-state index contributed by atoms with van der Waals surface area (Å²) in [4.78, 5) is 27.8. The molecule has 0 radical (unpaired) electrons. The van der Waals surface area contributed by atoms with E-state index in [1.54, 1.807) is 0 Å². The monoisotopic (exact) mass is 326 g/mol. The molecular weight excluding hydrogens is 300 g/mol. The second-order valence-electron chi connectivity index (χ2n) is 6.55. The molecule has 3 atom stereocenters. The van der Waals surface area contributed by atoms with Crippen LogP contribution in [0.3, 0.4) is 0 Å². The molecule has 0 saturated carbocycles. The highest BCUT2D eigenvalue weighted by molar-refractivity contribution is 8.00. The summed E-state index contributed by atoms with van der Waals surface area (Å²) in [6.45, 7) is 3.71. The van der Waals surface area contributed by atoms with Crippen LogP contribution in [0.1, 0.15) is 25.7 Å². The van der Waals surface area contributed by atoms with Crippen LogP contribution in [0.2, 0.25) is 0 Å². The number of likely N-dealkylation sites (N-methyl/N-ethyl adjacent to an activating group) is 1. The van der Waals surface area contributed by atoms with Crippen LogP contribution in [0.15, 0.2) is 0 Å². The van der Waals surface area contributed by atoms with Gasteiger partial charge in [0.25, 0.3) is 0 Å². The van der Waals surface area contributed by atoms with E-state index in [1.165, 1.54) is 0 Å². The number of piperazine rings is 1. The summed E-state index contributed by atoms with van der Waals surface area (Å²) < 4.78 is 0. The number of amides is 3. The Morgan fingerprint density at radius 2 is 2.00 bits per heavy atom. The average molecular weight is 326 g/mol. The number of hydrogen-bond donors (Lipinski definition) is 2. The molecule has 0 spiro atoms. The van der Waals surface area contributed by atoms with Gasteiger partial charge in [-0.3, -0.25) is 4.79 Å². The maximum atomic E-state index is 12.2. The molecule has 0 aromatic heterocycles. The number of thioether (sulfide) groups is 1. The molecule has 0 aromatic rings. The first kappa shape index (κ1) is 15.9. The smallest absolute Gasteiger partial charge is 0.315 e. The van der Waals surface area contributed by atoms with E-state index in [0.29, 0.717) is 23.6 Å². The minimum atomic E-state index is -0.0226. The third-order valence-electron chi connectivity index (χ3n) is 4.92. The zero-order chi connectivity index (χ0) is 15.5. The molecule has 0 bridgehead atoms. The van der Waals surface area contributed by atoms with E-state index in [1.807, 2.05) is 16.7 Å². The zero-order valence-electron chi connectivity index (χ0n) is 13.2. The van der Waals surface area contributed by atoms with Gasteiger partial charge < -0.3 is 20.4 Å².